The minimum absolute atomic E-state index is 0.273. The van der Waals surface area contributed by atoms with Crippen molar-refractivity contribution in [3.8, 4) is 0 Å². The Kier molecular flexibility index (Phi) is 1.92. The first kappa shape index (κ1) is 7.11. The van der Waals surface area contributed by atoms with E-state index in [1.165, 1.54) is 20.8 Å². The van der Waals surface area contributed by atoms with Gasteiger partial charge in [-0.25, -0.2) is 0 Å². The van der Waals surface area contributed by atoms with Crippen LogP contribution < -0.4 is 20.7 Å². The van der Waals surface area contributed by atoms with Crippen molar-refractivity contribution >= 4 is 28.8 Å². The van der Waals surface area contributed by atoms with E-state index >= 15 is 0 Å². The SMILES string of the molecule is [2H]c1c([2H])c([2H])c([Si](c2c([2H])c([2H])c([2H])c([2H])c2[2H])(c2c([2H])c([2H])c([2H])c([2H])c2[2H])c2c([2H])c([2H])c([2H])c([2H])c2C(C)(C)C)c([2H])c1[2H]. The Balaban J connectivity index is 2.77. The van der Waals surface area contributed by atoms with Crippen LogP contribution in [0.5, 0.6) is 0 Å². The van der Waals surface area contributed by atoms with E-state index in [9.17, 15) is 1.37 Å². The Morgan fingerprint density at radius 3 is 1.24 bits per heavy atom. The van der Waals surface area contributed by atoms with E-state index < -0.39 is 149 Å². The summed E-state index contributed by atoms with van der Waals surface area (Å²) in [5.41, 5.74) is -1.59. The minimum Gasteiger partial charge on any atom is -0.0623 e. The molecular formula is C28H28Si. The van der Waals surface area contributed by atoms with Crippen LogP contribution in [0.3, 0.4) is 0 Å². The summed E-state index contributed by atoms with van der Waals surface area (Å²) in [6.45, 7) is 4.58. The van der Waals surface area contributed by atoms with Gasteiger partial charge in [-0.05, 0) is 31.7 Å². The molecule has 4 aromatic rings. The van der Waals surface area contributed by atoms with Gasteiger partial charge >= 0.3 is 0 Å². The summed E-state index contributed by atoms with van der Waals surface area (Å²) in [5, 5.41) is -3.04. The maximum Gasteiger partial charge on any atom is 0.179 e. The number of benzene rings is 4. The van der Waals surface area contributed by atoms with E-state index in [1.807, 2.05) is 0 Å². The zero-order valence-corrected chi connectivity index (χ0v) is 17.0. The summed E-state index contributed by atoms with van der Waals surface area (Å²) in [6.07, 6.45) is 0. The lowest BCUT2D eigenvalue weighted by atomic mass is 9.87. The molecule has 144 valence electrons. The van der Waals surface area contributed by atoms with E-state index in [4.69, 9.17) is 24.7 Å². The molecule has 0 fully saturated rings. The van der Waals surface area contributed by atoms with E-state index in [2.05, 4.69) is 0 Å². The molecule has 29 heavy (non-hydrogen) atoms. The van der Waals surface area contributed by atoms with Gasteiger partial charge in [-0.3, -0.25) is 0 Å². The second-order valence-electron chi connectivity index (χ2n) is 7.25. The van der Waals surface area contributed by atoms with Gasteiger partial charge < -0.3 is 0 Å². The Bertz CT molecular complexity index is 1810. The van der Waals surface area contributed by atoms with Crippen molar-refractivity contribution < 1.29 is 26.0 Å². The molecule has 4 rings (SSSR count). The fraction of sp³-hybridized carbons (Fsp3) is 0.143. The van der Waals surface area contributed by atoms with Crippen molar-refractivity contribution in [2.45, 2.75) is 26.2 Å². The molecule has 0 aromatic heterocycles. The number of hydrogen-bond acceptors (Lipinski definition) is 0. The molecular weight excluding hydrogens is 364 g/mol. The largest absolute Gasteiger partial charge is 0.179 e. The van der Waals surface area contributed by atoms with Crippen molar-refractivity contribution in [1.82, 2.24) is 0 Å². The van der Waals surface area contributed by atoms with Gasteiger partial charge in [0.1, 0.15) is 0 Å². The Labute approximate surface area is 202 Å². The molecule has 0 aliphatic rings. The topological polar surface area (TPSA) is 0 Å². The van der Waals surface area contributed by atoms with Crippen LogP contribution in [0.25, 0.3) is 0 Å². The molecule has 0 spiro atoms. The zero-order chi connectivity index (χ0) is 36.9. The highest BCUT2D eigenvalue weighted by Crippen LogP contribution is 2.23. The quantitative estimate of drug-likeness (QED) is 0.346. The van der Waals surface area contributed by atoms with E-state index in [0.29, 0.717) is 0 Å². The molecule has 0 aliphatic heterocycles. The van der Waals surface area contributed by atoms with Crippen LogP contribution in [0.4, 0.5) is 0 Å². The Hall–Kier alpha value is -2.90. The normalized spacial score (nSPS) is 21.1. The average Bonchev–Trinajstić information content (AvgIpc) is 3.02. The van der Waals surface area contributed by atoms with Gasteiger partial charge in [-0.2, -0.15) is 0 Å². The zero-order valence-electron chi connectivity index (χ0n) is 35.0. The monoisotopic (exact) mass is 411 g/mol. The molecule has 0 nitrogen and oxygen atoms in total. The van der Waals surface area contributed by atoms with E-state index in [1.54, 1.807) is 0 Å². The van der Waals surface area contributed by atoms with Crippen molar-refractivity contribution in [3.05, 3.63) is 120 Å². The molecule has 0 saturated carbocycles. The molecule has 0 saturated heterocycles. The maximum atomic E-state index is 9.31. The van der Waals surface area contributed by atoms with Crippen LogP contribution in [0.15, 0.2) is 115 Å². The molecule has 0 unspecified atom stereocenters. The fourth-order valence-electron chi connectivity index (χ4n) is 3.22. The molecule has 0 aliphatic carbocycles. The molecule has 0 amide bonds. The predicted molar refractivity (Wildman–Crippen MR) is 129 cm³/mol. The third-order valence-corrected chi connectivity index (χ3v) is 8.56. The maximum absolute atomic E-state index is 9.31. The van der Waals surface area contributed by atoms with Gasteiger partial charge in [-0.1, -0.05) is 136 Å². The van der Waals surface area contributed by atoms with E-state index in [-0.39, 0.29) is 5.56 Å². The van der Waals surface area contributed by atoms with Crippen LogP contribution in [0, 0.1) is 0 Å². The second-order valence-corrected chi connectivity index (χ2v) is 10.8. The highest BCUT2D eigenvalue weighted by molar-refractivity contribution is 7.20. The van der Waals surface area contributed by atoms with E-state index in [0.717, 1.165) is 0 Å². The molecule has 0 atom stereocenters. The predicted octanol–water partition coefficient (Wildman–Crippen LogP) is 4.36. The van der Waals surface area contributed by atoms with Gasteiger partial charge in [-0.15, -0.1) is 0 Å². The van der Waals surface area contributed by atoms with Crippen molar-refractivity contribution in [3.63, 3.8) is 0 Å². The van der Waals surface area contributed by atoms with Crippen LogP contribution in [-0.4, -0.2) is 8.07 Å². The lowest BCUT2D eigenvalue weighted by Gasteiger charge is -2.38. The fourth-order valence-corrected chi connectivity index (χ4v) is 7.28. The Morgan fingerprint density at radius 2 is 0.862 bits per heavy atom. The number of rotatable bonds is 4. The molecule has 4 aromatic carbocycles. The average molecular weight is 412 g/mol. The first-order valence-electron chi connectivity index (χ1n) is 18.2. The lowest BCUT2D eigenvalue weighted by molar-refractivity contribution is 0.594. The summed E-state index contributed by atoms with van der Waals surface area (Å²) < 4.78 is 167. The first-order valence-corrected chi connectivity index (χ1v) is 10.8. The summed E-state index contributed by atoms with van der Waals surface area (Å²) in [5.74, 6) is 0. The van der Waals surface area contributed by atoms with Crippen LogP contribution in [-0.2, 0) is 5.41 Å². The van der Waals surface area contributed by atoms with Gasteiger partial charge in [0, 0.05) is 0 Å². The van der Waals surface area contributed by atoms with Crippen LogP contribution in [0.1, 0.15) is 52.4 Å². The highest BCUT2D eigenvalue weighted by Gasteiger charge is 2.43. The summed E-state index contributed by atoms with van der Waals surface area (Å²) in [4.78, 5) is 0. The smallest absolute Gasteiger partial charge is 0.0623 e. The van der Waals surface area contributed by atoms with Crippen molar-refractivity contribution in [2.24, 2.45) is 0 Å². The van der Waals surface area contributed by atoms with Gasteiger partial charge in [0.2, 0.25) is 0 Å². The molecule has 0 bridgehead atoms. The summed E-state index contributed by atoms with van der Waals surface area (Å²) >= 11 is 0. The van der Waals surface area contributed by atoms with Crippen LogP contribution >= 0.6 is 0 Å². The van der Waals surface area contributed by atoms with Gasteiger partial charge in [0.15, 0.2) is 8.07 Å². The van der Waals surface area contributed by atoms with Gasteiger partial charge in [0.25, 0.3) is 0 Å². The van der Waals surface area contributed by atoms with Crippen molar-refractivity contribution in [2.75, 3.05) is 0 Å². The standard InChI is InChI=1S/C28H28Si/c1-28(2,3)26-21-13-14-22-27(26)29(23-15-7-4-8-16-23,24-17-9-5-10-18-24)25-19-11-6-12-20-25/h4-22H,1-3H3/i4D,5D,6D,7D,8D,9D,10D,11D,12D,13D,14D,15D,16D,17D,18D,19D,20D,21D,22D. The summed E-state index contributed by atoms with van der Waals surface area (Å²) in [6, 6.07) is -17.9. The highest BCUT2D eigenvalue weighted by atomic mass is 28.3. The van der Waals surface area contributed by atoms with Crippen LogP contribution in [0.2, 0.25) is 0 Å². The summed E-state index contributed by atoms with van der Waals surface area (Å²) in [7, 11) is -5.71. The molecule has 0 radical (unpaired) electrons. The molecule has 0 N–H and O–H groups in total. The molecule has 1 heteroatoms. The van der Waals surface area contributed by atoms with Gasteiger partial charge in [0.05, 0.1) is 26.0 Å². The third-order valence-electron chi connectivity index (χ3n) is 4.44. The first-order chi connectivity index (χ1) is 21.9. The third kappa shape index (κ3) is 3.47. The minimum atomic E-state index is -5.71. The number of hydrogen-bond donors (Lipinski definition) is 0. The van der Waals surface area contributed by atoms with Crippen molar-refractivity contribution in [1.29, 1.82) is 0 Å². The lowest BCUT2D eigenvalue weighted by Crippen LogP contribution is -2.75. The second kappa shape index (κ2) is 7.85. The Morgan fingerprint density at radius 1 is 0.517 bits per heavy atom. The molecule has 0 heterocycles.